The molecule has 23 heavy (non-hydrogen) atoms. The number of hydrogen-bond donors (Lipinski definition) is 0. The normalized spacial score (nSPS) is 11.0. The Bertz CT molecular complexity index is 860. The molecule has 0 aliphatic heterocycles. The fourth-order valence-corrected chi connectivity index (χ4v) is 3.39. The maximum absolute atomic E-state index is 14.0. The summed E-state index contributed by atoms with van der Waals surface area (Å²) in [5.41, 5.74) is 1.97. The topological polar surface area (TPSA) is 30.7 Å². The molecule has 0 atom stereocenters. The quantitative estimate of drug-likeness (QED) is 0.530. The third-order valence-corrected chi connectivity index (χ3v) is 4.68. The van der Waals surface area contributed by atoms with Crippen molar-refractivity contribution in [3.05, 3.63) is 57.8 Å². The molecule has 0 saturated carbocycles. The largest absolute Gasteiger partial charge is 0.248 e. The molecule has 118 valence electrons. The highest BCUT2D eigenvalue weighted by Crippen LogP contribution is 2.31. The molecule has 3 rings (SSSR count). The van der Waals surface area contributed by atoms with E-state index in [1.807, 2.05) is 18.2 Å². The monoisotopic (exact) mass is 413 g/mol. The minimum atomic E-state index is -0.456. The van der Waals surface area contributed by atoms with Crippen molar-refractivity contribution in [2.45, 2.75) is 5.33 Å². The first-order chi connectivity index (χ1) is 11.0. The van der Waals surface area contributed by atoms with Gasteiger partial charge in [0.1, 0.15) is 5.82 Å². The van der Waals surface area contributed by atoms with E-state index in [9.17, 15) is 4.39 Å². The van der Waals surface area contributed by atoms with Gasteiger partial charge in [0.25, 0.3) is 0 Å². The van der Waals surface area contributed by atoms with Crippen LogP contribution in [0.2, 0.25) is 10.0 Å². The third kappa shape index (κ3) is 3.13. The molecule has 0 saturated heterocycles. The second-order valence-corrected chi connectivity index (χ2v) is 6.29. The summed E-state index contributed by atoms with van der Waals surface area (Å²) in [5.74, 6) is 0.371. The first-order valence-electron chi connectivity index (χ1n) is 6.71. The summed E-state index contributed by atoms with van der Waals surface area (Å²) in [4.78, 5) is 4.43. The Balaban J connectivity index is 2.10. The number of nitrogens with zero attached hydrogens (tertiary/aromatic N) is 3. The van der Waals surface area contributed by atoms with Gasteiger partial charge in [0, 0.05) is 23.0 Å². The molecule has 1 aromatic heterocycles. The fourth-order valence-electron chi connectivity index (χ4n) is 2.25. The van der Waals surface area contributed by atoms with Gasteiger partial charge in [0.15, 0.2) is 11.6 Å². The fraction of sp³-hybridized carbons (Fsp3) is 0.125. The van der Waals surface area contributed by atoms with Gasteiger partial charge in [0.2, 0.25) is 0 Å². The van der Waals surface area contributed by atoms with Gasteiger partial charge in [-0.25, -0.2) is 14.1 Å². The molecule has 0 amide bonds. The van der Waals surface area contributed by atoms with E-state index in [1.54, 1.807) is 23.9 Å². The van der Waals surface area contributed by atoms with E-state index >= 15 is 0 Å². The minimum absolute atomic E-state index is 0.194. The van der Waals surface area contributed by atoms with E-state index < -0.39 is 5.82 Å². The Morgan fingerprint density at radius 3 is 2.61 bits per heavy atom. The lowest BCUT2D eigenvalue weighted by molar-refractivity contribution is 0.629. The van der Waals surface area contributed by atoms with Gasteiger partial charge >= 0.3 is 0 Å². The van der Waals surface area contributed by atoms with Crippen LogP contribution >= 0.6 is 39.1 Å². The van der Waals surface area contributed by atoms with Gasteiger partial charge in [-0.3, -0.25) is 0 Å². The molecular weight excluding hydrogens is 404 g/mol. The van der Waals surface area contributed by atoms with Crippen molar-refractivity contribution in [1.82, 2.24) is 14.8 Å². The van der Waals surface area contributed by atoms with E-state index in [2.05, 4.69) is 26.0 Å². The SMILES string of the molecule is Cn1nc(-c2c(F)cccc2Cl)nc1-c1ccc(CBr)c(Cl)c1. The Kier molecular flexibility index (Phi) is 4.71. The first-order valence-corrected chi connectivity index (χ1v) is 8.59. The van der Waals surface area contributed by atoms with Gasteiger partial charge in [0.05, 0.1) is 10.6 Å². The number of halogens is 4. The number of hydrogen-bond acceptors (Lipinski definition) is 2. The lowest BCUT2D eigenvalue weighted by Gasteiger charge is -2.04. The van der Waals surface area contributed by atoms with Crippen LogP contribution in [0.4, 0.5) is 4.39 Å². The van der Waals surface area contributed by atoms with Crippen LogP contribution in [0, 0.1) is 5.82 Å². The van der Waals surface area contributed by atoms with Gasteiger partial charge in [-0.15, -0.1) is 0 Å². The summed E-state index contributed by atoms with van der Waals surface area (Å²) in [6, 6.07) is 10.1. The lowest BCUT2D eigenvalue weighted by Crippen LogP contribution is -1.95. The summed E-state index contributed by atoms with van der Waals surface area (Å²) in [5, 5.41) is 5.85. The van der Waals surface area contributed by atoms with Gasteiger partial charge in [-0.05, 0) is 23.8 Å². The lowest BCUT2D eigenvalue weighted by atomic mass is 10.1. The van der Waals surface area contributed by atoms with Crippen molar-refractivity contribution in [1.29, 1.82) is 0 Å². The summed E-state index contributed by atoms with van der Waals surface area (Å²) < 4.78 is 15.6. The summed E-state index contributed by atoms with van der Waals surface area (Å²) in [6.45, 7) is 0. The van der Waals surface area contributed by atoms with Crippen LogP contribution in [-0.2, 0) is 12.4 Å². The molecule has 0 radical (unpaired) electrons. The molecule has 0 fully saturated rings. The highest BCUT2D eigenvalue weighted by Gasteiger charge is 2.17. The van der Waals surface area contributed by atoms with E-state index in [-0.39, 0.29) is 16.4 Å². The Labute approximate surface area is 151 Å². The van der Waals surface area contributed by atoms with Crippen LogP contribution in [-0.4, -0.2) is 14.8 Å². The van der Waals surface area contributed by atoms with Crippen LogP contribution < -0.4 is 0 Å². The second kappa shape index (κ2) is 6.59. The van der Waals surface area contributed by atoms with Crippen molar-refractivity contribution in [2.24, 2.45) is 7.05 Å². The highest BCUT2D eigenvalue weighted by atomic mass is 79.9. The van der Waals surface area contributed by atoms with Crippen molar-refractivity contribution >= 4 is 39.1 Å². The molecule has 0 bridgehead atoms. The average molecular weight is 415 g/mol. The van der Waals surface area contributed by atoms with Crippen molar-refractivity contribution in [3.63, 3.8) is 0 Å². The Hall–Kier alpha value is -1.43. The molecule has 0 spiro atoms. The number of benzene rings is 2. The van der Waals surface area contributed by atoms with Crippen LogP contribution in [0.3, 0.4) is 0 Å². The van der Waals surface area contributed by atoms with Gasteiger partial charge in [-0.1, -0.05) is 57.3 Å². The zero-order valence-electron chi connectivity index (χ0n) is 12.0. The van der Waals surface area contributed by atoms with E-state index in [1.165, 1.54) is 6.07 Å². The minimum Gasteiger partial charge on any atom is -0.248 e. The molecule has 1 heterocycles. The zero-order chi connectivity index (χ0) is 16.6. The maximum Gasteiger partial charge on any atom is 0.186 e. The van der Waals surface area contributed by atoms with Crippen molar-refractivity contribution in [3.8, 4) is 22.8 Å². The molecule has 3 nitrogen and oxygen atoms in total. The van der Waals surface area contributed by atoms with Gasteiger partial charge in [-0.2, -0.15) is 5.10 Å². The highest BCUT2D eigenvalue weighted by molar-refractivity contribution is 9.08. The number of aryl methyl sites for hydroxylation is 1. The molecule has 3 aromatic rings. The van der Waals surface area contributed by atoms with Crippen LogP contribution in [0.25, 0.3) is 22.8 Å². The smallest absolute Gasteiger partial charge is 0.186 e. The van der Waals surface area contributed by atoms with Gasteiger partial charge < -0.3 is 0 Å². The number of alkyl halides is 1. The molecule has 0 N–H and O–H groups in total. The zero-order valence-corrected chi connectivity index (χ0v) is 15.1. The number of aromatic nitrogens is 3. The average Bonchev–Trinajstić information content (AvgIpc) is 2.88. The third-order valence-electron chi connectivity index (χ3n) is 3.40. The van der Waals surface area contributed by atoms with Crippen LogP contribution in [0.15, 0.2) is 36.4 Å². The Morgan fingerprint density at radius 1 is 1.17 bits per heavy atom. The second-order valence-electron chi connectivity index (χ2n) is 4.92. The first kappa shape index (κ1) is 16.4. The summed E-state index contributed by atoms with van der Waals surface area (Å²) in [6.07, 6.45) is 0. The van der Waals surface area contributed by atoms with E-state index in [4.69, 9.17) is 23.2 Å². The predicted molar refractivity (Wildman–Crippen MR) is 94.5 cm³/mol. The summed E-state index contributed by atoms with van der Waals surface area (Å²) in [7, 11) is 1.74. The number of rotatable bonds is 3. The molecular formula is C16H11BrCl2FN3. The molecule has 0 aliphatic carbocycles. The molecule has 2 aromatic carbocycles. The maximum atomic E-state index is 14.0. The molecule has 0 unspecified atom stereocenters. The summed E-state index contributed by atoms with van der Waals surface area (Å²) >= 11 is 15.7. The molecule has 7 heteroatoms. The predicted octanol–water partition coefficient (Wildman–Crippen LogP) is 5.49. The van der Waals surface area contributed by atoms with E-state index in [0.29, 0.717) is 16.2 Å². The van der Waals surface area contributed by atoms with Crippen molar-refractivity contribution in [2.75, 3.05) is 0 Å². The van der Waals surface area contributed by atoms with E-state index in [0.717, 1.165) is 11.1 Å². The van der Waals surface area contributed by atoms with Crippen LogP contribution in [0.1, 0.15) is 5.56 Å². The van der Waals surface area contributed by atoms with Crippen molar-refractivity contribution < 1.29 is 4.39 Å². The van der Waals surface area contributed by atoms with Crippen LogP contribution in [0.5, 0.6) is 0 Å². The standard InChI is InChI=1S/C16H11BrCl2FN3/c1-23-16(9-5-6-10(8-17)12(19)7-9)21-15(22-23)14-11(18)3-2-4-13(14)20/h2-7H,8H2,1H3. The Morgan fingerprint density at radius 2 is 1.96 bits per heavy atom. The molecule has 0 aliphatic rings.